The number of hydrogen-bond acceptors (Lipinski definition) is 4. The quantitative estimate of drug-likeness (QED) is 0.357. The standard InChI is InChI=1S/C23H28N2O3/c1-3-16-25-20-13-8-7-12-19(20)24-23(25)18-11-6-9-14-21(18)28-17-10-4-5-15-22(26)27-2/h6-9,11-14H,3-5,10,15-17H2,1-2H3. The van der Waals surface area contributed by atoms with E-state index in [1.54, 1.807) is 0 Å². The summed E-state index contributed by atoms with van der Waals surface area (Å²) in [7, 11) is 1.42. The topological polar surface area (TPSA) is 53.4 Å². The second-order valence-corrected chi connectivity index (χ2v) is 6.81. The minimum atomic E-state index is -0.152. The zero-order valence-electron chi connectivity index (χ0n) is 16.7. The Morgan fingerprint density at radius 3 is 2.64 bits per heavy atom. The molecule has 0 N–H and O–H groups in total. The summed E-state index contributed by atoms with van der Waals surface area (Å²) < 4.78 is 13.0. The second-order valence-electron chi connectivity index (χ2n) is 6.81. The molecule has 3 rings (SSSR count). The van der Waals surface area contributed by atoms with Gasteiger partial charge in [0.1, 0.15) is 11.6 Å². The highest BCUT2D eigenvalue weighted by Crippen LogP contribution is 2.32. The molecule has 2 aromatic carbocycles. The number of ether oxygens (including phenoxy) is 2. The van der Waals surface area contributed by atoms with Gasteiger partial charge in [0, 0.05) is 13.0 Å². The molecule has 0 atom stereocenters. The van der Waals surface area contributed by atoms with Crippen LogP contribution >= 0.6 is 0 Å². The van der Waals surface area contributed by atoms with Gasteiger partial charge in [0.2, 0.25) is 0 Å². The van der Waals surface area contributed by atoms with Gasteiger partial charge in [-0.1, -0.05) is 31.2 Å². The van der Waals surface area contributed by atoms with Crippen LogP contribution in [0, 0.1) is 0 Å². The Hall–Kier alpha value is -2.82. The van der Waals surface area contributed by atoms with Crippen LogP contribution in [0.25, 0.3) is 22.4 Å². The van der Waals surface area contributed by atoms with Crippen LogP contribution in [0.2, 0.25) is 0 Å². The minimum absolute atomic E-state index is 0.152. The highest BCUT2D eigenvalue weighted by molar-refractivity contribution is 5.82. The molecule has 0 aliphatic heterocycles. The fourth-order valence-electron chi connectivity index (χ4n) is 3.34. The molecule has 0 saturated heterocycles. The molecule has 0 bridgehead atoms. The number of nitrogens with zero attached hydrogens (tertiary/aromatic N) is 2. The highest BCUT2D eigenvalue weighted by Gasteiger charge is 2.15. The molecule has 0 spiro atoms. The monoisotopic (exact) mass is 380 g/mol. The molecule has 5 heteroatoms. The molecule has 0 aliphatic rings. The number of carbonyl (C=O) groups excluding carboxylic acids is 1. The van der Waals surface area contributed by atoms with Gasteiger partial charge in [0.25, 0.3) is 0 Å². The maximum atomic E-state index is 11.2. The number of rotatable bonds is 10. The summed E-state index contributed by atoms with van der Waals surface area (Å²) in [6.45, 7) is 3.71. The first-order valence-electron chi connectivity index (χ1n) is 9.99. The third-order valence-electron chi connectivity index (χ3n) is 4.74. The first-order chi connectivity index (χ1) is 13.7. The predicted molar refractivity (Wildman–Crippen MR) is 111 cm³/mol. The average molecular weight is 380 g/mol. The van der Waals surface area contributed by atoms with Crippen molar-refractivity contribution < 1.29 is 14.3 Å². The first-order valence-corrected chi connectivity index (χ1v) is 9.99. The first kappa shape index (κ1) is 19.9. The van der Waals surface area contributed by atoms with E-state index in [2.05, 4.69) is 40.5 Å². The van der Waals surface area contributed by atoms with Gasteiger partial charge in [0.15, 0.2) is 0 Å². The van der Waals surface area contributed by atoms with E-state index >= 15 is 0 Å². The molecule has 28 heavy (non-hydrogen) atoms. The van der Waals surface area contributed by atoms with Gasteiger partial charge >= 0.3 is 5.97 Å². The van der Waals surface area contributed by atoms with E-state index in [4.69, 9.17) is 9.72 Å². The Morgan fingerprint density at radius 2 is 1.82 bits per heavy atom. The van der Waals surface area contributed by atoms with E-state index in [1.807, 2.05) is 24.3 Å². The molecule has 0 aliphatic carbocycles. The van der Waals surface area contributed by atoms with Crippen molar-refractivity contribution in [3.63, 3.8) is 0 Å². The molecule has 148 valence electrons. The van der Waals surface area contributed by atoms with Gasteiger partial charge in [-0.05, 0) is 49.9 Å². The summed E-state index contributed by atoms with van der Waals surface area (Å²) in [5.41, 5.74) is 3.17. The Balaban J connectivity index is 1.73. The third-order valence-corrected chi connectivity index (χ3v) is 4.74. The fourth-order valence-corrected chi connectivity index (χ4v) is 3.34. The molecule has 0 saturated carbocycles. The van der Waals surface area contributed by atoms with Crippen LogP contribution in [-0.4, -0.2) is 29.2 Å². The van der Waals surface area contributed by atoms with Gasteiger partial charge in [-0.3, -0.25) is 4.79 Å². The van der Waals surface area contributed by atoms with Crippen LogP contribution in [0.3, 0.4) is 0 Å². The third kappa shape index (κ3) is 4.71. The Morgan fingerprint density at radius 1 is 1.04 bits per heavy atom. The fraction of sp³-hybridized carbons (Fsp3) is 0.391. The molecule has 1 heterocycles. The highest BCUT2D eigenvalue weighted by atomic mass is 16.5. The van der Waals surface area contributed by atoms with E-state index in [1.165, 1.54) is 7.11 Å². The molecular formula is C23H28N2O3. The van der Waals surface area contributed by atoms with Crippen LogP contribution in [0.4, 0.5) is 0 Å². The summed E-state index contributed by atoms with van der Waals surface area (Å²) in [5, 5.41) is 0. The molecule has 5 nitrogen and oxygen atoms in total. The SMILES string of the molecule is CCCn1c(-c2ccccc2OCCCCCC(=O)OC)nc2ccccc21. The van der Waals surface area contributed by atoms with Crippen LogP contribution in [0.5, 0.6) is 5.75 Å². The number of aryl methyl sites for hydroxylation is 1. The van der Waals surface area contributed by atoms with Gasteiger partial charge in [0.05, 0.1) is 30.3 Å². The molecular weight excluding hydrogens is 352 g/mol. The van der Waals surface area contributed by atoms with Crippen molar-refractivity contribution in [1.82, 2.24) is 9.55 Å². The number of unbranched alkanes of at least 4 members (excludes halogenated alkanes) is 2. The summed E-state index contributed by atoms with van der Waals surface area (Å²) >= 11 is 0. The van der Waals surface area contributed by atoms with Gasteiger partial charge in [-0.15, -0.1) is 0 Å². The maximum absolute atomic E-state index is 11.2. The summed E-state index contributed by atoms with van der Waals surface area (Å²) in [6, 6.07) is 16.3. The summed E-state index contributed by atoms with van der Waals surface area (Å²) in [4.78, 5) is 16.0. The molecule has 1 aromatic heterocycles. The van der Waals surface area contributed by atoms with Crippen LogP contribution in [0.1, 0.15) is 39.0 Å². The lowest BCUT2D eigenvalue weighted by Crippen LogP contribution is -2.04. The Bertz CT molecular complexity index is 917. The second kappa shape index (κ2) is 9.93. The van der Waals surface area contributed by atoms with Gasteiger partial charge in [-0.25, -0.2) is 4.98 Å². The number of para-hydroxylation sites is 3. The largest absolute Gasteiger partial charge is 0.493 e. The summed E-state index contributed by atoms with van der Waals surface area (Å²) in [6.07, 6.45) is 4.16. The van der Waals surface area contributed by atoms with Crippen molar-refractivity contribution >= 4 is 17.0 Å². The molecule has 0 fully saturated rings. The van der Waals surface area contributed by atoms with Crippen molar-refractivity contribution in [2.45, 2.75) is 45.6 Å². The zero-order valence-corrected chi connectivity index (χ0v) is 16.7. The lowest BCUT2D eigenvalue weighted by atomic mass is 10.1. The smallest absolute Gasteiger partial charge is 0.305 e. The number of carbonyl (C=O) groups is 1. The van der Waals surface area contributed by atoms with E-state index in [9.17, 15) is 4.79 Å². The number of methoxy groups -OCH3 is 1. The lowest BCUT2D eigenvalue weighted by Gasteiger charge is -2.13. The number of imidazole rings is 1. The van der Waals surface area contributed by atoms with Crippen molar-refractivity contribution in [2.24, 2.45) is 0 Å². The number of hydrogen-bond donors (Lipinski definition) is 0. The predicted octanol–water partition coefficient (Wildman–Crippen LogP) is 5.23. The van der Waals surface area contributed by atoms with Gasteiger partial charge in [-0.2, -0.15) is 0 Å². The number of fused-ring (bicyclic) bond motifs is 1. The molecule has 0 radical (unpaired) electrons. The van der Waals surface area contributed by atoms with Crippen molar-refractivity contribution in [2.75, 3.05) is 13.7 Å². The Labute approximate surface area is 166 Å². The average Bonchev–Trinajstić information content (AvgIpc) is 3.09. The van der Waals surface area contributed by atoms with Crippen molar-refractivity contribution in [1.29, 1.82) is 0 Å². The number of esters is 1. The maximum Gasteiger partial charge on any atom is 0.305 e. The lowest BCUT2D eigenvalue weighted by molar-refractivity contribution is -0.140. The van der Waals surface area contributed by atoms with E-state index < -0.39 is 0 Å². The van der Waals surface area contributed by atoms with Crippen molar-refractivity contribution in [3.05, 3.63) is 48.5 Å². The van der Waals surface area contributed by atoms with E-state index in [-0.39, 0.29) is 5.97 Å². The zero-order chi connectivity index (χ0) is 19.8. The van der Waals surface area contributed by atoms with Crippen LogP contribution < -0.4 is 4.74 Å². The molecule has 0 unspecified atom stereocenters. The Kier molecular flexibility index (Phi) is 7.06. The number of aromatic nitrogens is 2. The normalized spacial score (nSPS) is 10.9. The van der Waals surface area contributed by atoms with Crippen molar-refractivity contribution in [3.8, 4) is 17.1 Å². The molecule has 0 amide bonds. The van der Waals surface area contributed by atoms with Crippen LogP contribution in [0.15, 0.2) is 48.5 Å². The van der Waals surface area contributed by atoms with E-state index in [0.717, 1.165) is 60.4 Å². The van der Waals surface area contributed by atoms with E-state index in [0.29, 0.717) is 13.0 Å². The molecule has 3 aromatic rings. The number of benzene rings is 2. The summed E-state index contributed by atoms with van der Waals surface area (Å²) in [5.74, 6) is 1.65. The van der Waals surface area contributed by atoms with Gasteiger partial charge < -0.3 is 14.0 Å². The van der Waals surface area contributed by atoms with Crippen LogP contribution in [-0.2, 0) is 16.1 Å². The minimum Gasteiger partial charge on any atom is -0.493 e.